The van der Waals surface area contributed by atoms with Gasteiger partial charge in [-0.2, -0.15) is 0 Å². The molecule has 2 heterocycles. The van der Waals surface area contributed by atoms with E-state index >= 15 is 0 Å². The van der Waals surface area contributed by atoms with Gasteiger partial charge in [0.15, 0.2) is 0 Å². The molecular formula is C38H42N4O8. The molecule has 0 aliphatic carbocycles. The van der Waals surface area contributed by atoms with Crippen molar-refractivity contribution < 1.29 is 33.5 Å². The Morgan fingerprint density at radius 2 is 1.16 bits per heavy atom. The summed E-state index contributed by atoms with van der Waals surface area (Å²) >= 11 is 0. The number of hydrogen-bond donors (Lipinski definition) is 1. The number of nitrogens with two attached hydrogens (primary N) is 1. The van der Waals surface area contributed by atoms with Crippen LogP contribution in [0.1, 0.15) is 43.0 Å². The van der Waals surface area contributed by atoms with E-state index in [9.17, 15) is 19.7 Å². The maximum absolute atomic E-state index is 12.5. The number of esters is 2. The van der Waals surface area contributed by atoms with Crippen molar-refractivity contribution in [1.29, 1.82) is 0 Å². The van der Waals surface area contributed by atoms with Crippen molar-refractivity contribution in [3.63, 3.8) is 0 Å². The standard InChI is InChI=1S/C19H20N2O5.C19H22N2O3/c1-20(2)11-14-10-16-15(8-9-17(21(23)24)18(16)26-14)19(22)25-12-13-6-4-3-5-7-13;1-21(2)11-14-10-16-15(8-9-17(20)18(16)24-14)19(22)23-12-13-6-4-3-5-7-13/h3-9,14H,10-12H2,1-2H3;3-9,14H,10-12,20H2,1-2H3. The van der Waals surface area contributed by atoms with Gasteiger partial charge in [0.05, 0.1) is 21.7 Å². The Morgan fingerprint density at radius 1 is 0.720 bits per heavy atom. The lowest BCUT2D eigenvalue weighted by Gasteiger charge is -2.16. The van der Waals surface area contributed by atoms with Crippen LogP contribution in [-0.2, 0) is 35.5 Å². The minimum absolute atomic E-state index is 0.000346. The van der Waals surface area contributed by atoms with Gasteiger partial charge in [0.25, 0.3) is 0 Å². The van der Waals surface area contributed by atoms with Gasteiger partial charge in [-0.05, 0) is 57.5 Å². The zero-order valence-electron chi connectivity index (χ0n) is 28.7. The van der Waals surface area contributed by atoms with E-state index < -0.39 is 10.9 Å². The molecule has 4 aromatic carbocycles. The number of anilines is 1. The van der Waals surface area contributed by atoms with E-state index in [1.54, 1.807) is 12.1 Å². The molecule has 0 saturated heterocycles. The van der Waals surface area contributed by atoms with Gasteiger partial charge in [0.2, 0.25) is 5.75 Å². The van der Waals surface area contributed by atoms with Crippen LogP contribution in [0.4, 0.5) is 11.4 Å². The van der Waals surface area contributed by atoms with E-state index in [2.05, 4.69) is 4.90 Å². The molecule has 0 bridgehead atoms. The number of carbonyl (C=O) groups is 2. The molecule has 50 heavy (non-hydrogen) atoms. The van der Waals surface area contributed by atoms with Gasteiger partial charge in [-0.3, -0.25) is 10.1 Å². The number of likely N-dealkylation sites (N-methyl/N-ethyl adjacent to an activating group) is 2. The normalized spacial score (nSPS) is 15.6. The van der Waals surface area contributed by atoms with Crippen molar-refractivity contribution in [2.24, 2.45) is 0 Å². The van der Waals surface area contributed by atoms with Crippen LogP contribution in [0.15, 0.2) is 84.9 Å². The highest BCUT2D eigenvalue weighted by Crippen LogP contribution is 2.40. The minimum Gasteiger partial charge on any atom is -0.486 e. The molecular weight excluding hydrogens is 640 g/mol. The van der Waals surface area contributed by atoms with Crippen LogP contribution in [-0.4, -0.2) is 80.1 Å². The van der Waals surface area contributed by atoms with Gasteiger partial charge in [0, 0.05) is 43.1 Å². The second kappa shape index (κ2) is 16.3. The molecule has 12 heteroatoms. The molecule has 2 N–H and O–H groups in total. The fourth-order valence-corrected chi connectivity index (χ4v) is 5.96. The monoisotopic (exact) mass is 682 g/mol. The molecule has 12 nitrogen and oxygen atoms in total. The summed E-state index contributed by atoms with van der Waals surface area (Å²) in [6, 6.07) is 25.2. The molecule has 0 amide bonds. The summed E-state index contributed by atoms with van der Waals surface area (Å²) < 4.78 is 22.5. The molecule has 0 radical (unpaired) electrons. The van der Waals surface area contributed by atoms with Crippen molar-refractivity contribution in [3.05, 3.63) is 128 Å². The van der Waals surface area contributed by atoms with E-state index in [1.807, 2.05) is 93.8 Å². The fraction of sp³-hybridized carbons (Fsp3) is 0.316. The van der Waals surface area contributed by atoms with E-state index in [0.717, 1.165) is 23.2 Å². The Bertz CT molecular complexity index is 1810. The number of nitro benzene ring substituents is 1. The average Bonchev–Trinajstić information content (AvgIpc) is 3.71. The first kappa shape index (κ1) is 35.8. The van der Waals surface area contributed by atoms with Gasteiger partial charge in [-0.15, -0.1) is 0 Å². The van der Waals surface area contributed by atoms with Gasteiger partial charge in [-0.1, -0.05) is 60.7 Å². The van der Waals surface area contributed by atoms with Crippen molar-refractivity contribution in [2.45, 2.75) is 38.3 Å². The van der Waals surface area contributed by atoms with Gasteiger partial charge in [-0.25, -0.2) is 9.59 Å². The van der Waals surface area contributed by atoms with Crippen molar-refractivity contribution in [1.82, 2.24) is 9.80 Å². The van der Waals surface area contributed by atoms with Gasteiger partial charge in [0.1, 0.15) is 31.2 Å². The maximum atomic E-state index is 12.5. The number of benzene rings is 4. The number of nitrogens with zero attached hydrogens (tertiary/aromatic N) is 3. The lowest BCUT2D eigenvalue weighted by atomic mass is 10.0. The summed E-state index contributed by atoms with van der Waals surface area (Å²) in [5.41, 5.74) is 10.5. The first-order valence-corrected chi connectivity index (χ1v) is 16.3. The Balaban J connectivity index is 0.000000195. The first-order valence-electron chi connectivity index (χ1n) is 16.3. The van der Waals surface area contributed by atoms with Crippen LogP contribution < -0.4 is 15.2 Å². The quantitative estimate of drug-likeness (QED) is 0.0951. The molecule has 6 rings (SSSR count). The molecule has 4 aromatic rings. The number of fused-ring (bicyclic) bond motifs is 2. The van der Waals surface area contributed by atoms with E-state index in [-0.39, 0.29) is 42.8 Å². The topological polar surface area (TPSA) is 147 Å². The lowest BCUT2D eigenvalue weighted by molar-refractivity contribution is -0.385. The van der Waals surface area contributed by atoms with Crippen LogP contribution in [0.2, 0.25) is 0 Å². The average molecular weight is 683 g/mol. The van der Waals surface area contributed by atoms with Crippen LogP contribution in [0.5, 0.6) is 11.5 Å². The Kier molecular flexibility index (Phi) is 11.7. The molecule has 0 aromatic heterocycles. The number of ether oxygens (including phenoxy) is 4. The number of hydrogen-bond acceptors (Lipinski definition) is 11. The highest BCUT2D eigenvalue weighted by atomic mass is 16.6. The van der Waals surface area contributed by atoms with Crippen LogP contribution in [0.25, 0.3) is 0 Å². The Labute approximate surface area is 291 Å². The van der Waals surface area contributed by atoms with E-state index in [0.29, 0.717) is 47.5 Å². The van der Waals surface area contributed by atoms with E-state index in [1.165, 1.54) is 12.1 Å². The third-order valence-electron chi connectivity index (χ3n) is 8.16. The number of rotatable bonds is 11. The molecule has 2 atom stereocenters. The molecule has 262 valence electrons. The zero-order chi connectivity index (χ0) is 35.8. The second-order valence-corrected chi connectivity index (χ2v) is 12.7. The highest BCUT2D eigenvalue weighted by Gasteiger charge is 2.35. The first-order chi connectivity index (χ1) is 24.0. The second-order valence-electron chi connectivity index (χ2n) is 12.7. The summed E-state index contributed by atoms with van der Waals surface area (Å²) in [5.74, 6) is -0.0506. The van der Waals surface area contributed by atoms with Crippen LogP contribution >= 0.6 is 0 Å². The number of nitro groups is 1. The van der Waals surface area contributed by atoms with Gasteiger partial charge >= 0.3 is 17.6 Å². The molecule has 2 aliphatic rings. The van der Waals surface area contributed by atoms with Gasteiger partial charge < -0.3 is 34.5 Å². The molecule has 0 spiro atoms. The fourth-order valence-electron chi connectivity index (χ4n) is 5.96. The lowest BCUT2D eigenvalue weighted by Crippen LogP contribution is -2.29. The molecule has 0 fully saturated rings. The maximum Gasteiger partial charge on any atom is 0.338 e. The summed E-state index contributed by atoms with van der Waals surface area (Å²) in [6.45, 7) is 1.77. The van der Waals surface area contributed by atoms with Crippen LogP contribution in [0.3, 0.4) is 0 Å². The summed E-state index contributed by atoms with van der Waals surface area (Å²) in [6.07, 6.45) is 0.862. The van der Waals surface area contributed by atoms with Crippen molar-refractivity contribution >= 4 is 23.3 Å². The Morgan fingerprint density at radius 3 is 1.62 bits per heavy atom. The SMILES string of the molecule is CN(C)CC1Cc2c(C(=O)OCc3ccccc3)ccc(N)c2O1.CN(C)CC1Cc2c(C(=O)OCc3ccccc3)ccc([N+](=O)[O-])c2O1. The summed E-state index contributed by atoms with van der Waals surface area (Å²) in [5, 5.41) is 11.3. The largest absolute Gasteiger partial charge is 0.486 e. The Hall–Kier alpha value is -5.46. The third kappa shape index (κ3) is 8.95. The smallest absolute Gasteiger partial charge is 0.338 e. The highest BCUT2D eigenvalue weighted by molar-refractivity contribution is 5.94. The van der Waals surface area contributed by atoms with Crippen molar-refractivity contribution in [2.75, 3.05) is 47.0 Å². The molecule has 0 saturated carbocycles. The third-order valence-corrected chi connectivity index (χ3v) is 8.16. The van der Waals surface area contributed by atoms with E-state index in [4.69, 9.17) is 24.7 Å². The van der Waals surface area contributed by atoms with Crippen molar-refractivity contribution in [3.8, 4) is 11.5 Å². The zero-order valence-corrected chi connectivity index (χ0v) is 28.7. The summed E-state index contributed by atoms with van der Waals surface area (Å²) in [7, 11) is 7.78. The van der Waals surface area contributed by atoms with Crippen LogP contribution in [0, 0.1) is 10.1 Å². The minimum atomic E-state index is -0.505. The molecule has 2 unspecified atom stereocenters. The predicted octanol–water partition coefficient (Wildman–Crippen LogP) is 5.31. The number of nitrogen functional groups attached to an aromatic ring is 1. The molecule has 2 aliphatic heterocycles. The predicted molar refractivity (Wildman–Crippen MR) is 188 cm³/mol. The summed E-state index contributed by atoms with van der Waals surface area (Å²) in [4.78, 5) is 39.8. The number of carbonyl (C=O) groups excluding carboxylic acids is 2.